The number of nitrogens with zero attached hydrogens (tertiary/aromatic N) is 3. The van der Waals surface area contributed by atoms with Crippen LogP contribution >= 0.6 is 0 Å². The third kappa shape index (κ3) is 7.19. The summed E-state index contributed by atoms with van der Waals surface area (Å²) in [4.78, 5) is 15.2. The Labute approximate surface area is 316 Å². The molecular weight excluding hydrogens is 659 g/mol. The third-order valence-corrected chi connectivity index (χ3v) is 9.92. The average Bonchev–Trinajstić information content (AvgIpc) is 3.60. The molecule has 2 heterocycles. The fourth-order valence-corrected chi connectivity index (χ4v) is 7.05. The van der Waals surface area contributed by atoms with Crippen LogP contribution in [-0.2, 0) is 6.42 Å². The van der Waals surface area contributed by atoms with Crippen molar-refractivity contribution in [3.05, 3.63) is 188 Å². The maximum atomic E-state index is 6.42. The topological polar surface area (TPSA) is 51.8 Å². The van der Waals surface area contributed by atoms with Crippen molar-refractivity contribution in [1.82, 2.24) is 15.0 Å². The molecule has 54 heavy (non-hydrogen) atoms. The molecule has 1 atom stereocenters. The first kappa shape index (κ1) is 34.4. The van der Waals surface area contributed by atoms with Gasteiger partial charge in [0.1, 0.15) is 11.2 Å². The van der Waals surface area contributed by atoms with E-state index in [0.29, 0.717) is 17.5 Å². The van der Waals surface area contributed by atoms with Crippen molar-refractivity contribution in [3.8, 4) is 45.3 Å². The molecule has 4 nitrogen and oxygen atoms in total. The average molecular weight is 700 g/mol. The lowest BCUT2D eigenvalue weighted by molar-refractivity contribution is 0.561. The van der Waals surface area contributed by atoms with Crippen LogP contribution in [0, 0.1) is 5.41 Å². The number of fused-ring (bicyclic) bond motifs is 4. The normalized spacial score (nSPS) is 13.1. The lowest BCUT2D eigenvalue weighted by Gasteiger charge is -2.19. The predicted molar refractivity (Wildman–Crippen MR) is 226 cm³/mol. The highest BCUT2D eigenvalue weighted by Crippen LogP contribution is 2.39. The molecule has 0 bridgehead atoms. The molecule has 0 aliphatic carbocycles. The van der Waals surface area contributed by atoms with E-state index >= 15 is 0 Å². The van der Waals surface area contributed by atoms with Gasteiger partial charge >= 0.3 is 0 Å². The second-order valence-electron chi connectivity index (χ2n) is 13.9. The Hall–Kier alpha value is -6.65. The first-order valence-corrected chi connectivity index (χ1v) is 18.4. The van der Waals surface area contributed by atoms with E-state index < -0.39 is 0 Å². The number of furan rings is 1. The van der Waals surface area contributed by atoms with E-state index in [-0.39, 0.29) is 5.41 Å². The van der Waals surface area contributed by atoms with Crippen molar-refractivity contribution in [2.45, 2.75) is 26.7 Å². The van der Waals surface area contributed by atoms with Crippen molar-refractivity contribution < 1.29 is 4.42 Å². The highest BCUT2D eigenvalue weighted by Gasteiger charge is 2.19. The molecule has 0 saturated heterocycles. The number of rotatable bonds is 11. The molecule has 0 fully saturated rings. The van der Waals surface area contributed by atoms with E-state index in [1.165, 1.54) is 16.3 Å². The Bertz CT molecular complexity index is 2700. The summed E-state index contributed by atoms with van der Waals surface area (Å²) < 4.78 is 6.42. The van der Waals surface area contributed by atoms with E-state index in [0.717, 1.165) is 62.6 Å². The zero-order valence-corrected chi connectivity index (χ0v) is 30.6. The minimum atomic E-state index is -0.0858. The molecule has 8 rings (SSSR count). The zero-order chi connectivity index (χ0) is 36.9. The summed E-state index contributed by atoms with van der Waals surface area (Å²) in [5.74, 6) is 1.84. The van der Waals surface area contributed by atoms with Crippen molar-refractivity contribution >= 4 is 32.7 Å². The van der Waals surface area contributed by atoms with Gasteiger partial charge in [0.25, 0.3) is 0 Å². The first-order valence-electron chi connectivity index (χ1n) is 18.4. The van der Waals surface area contributed by atoms with E-state index in [1.54, 1.807) is 0 Å². The minimum absolute atomic E-state index is 0.0858. The largest absolute Gasteiger partial charge is 0.456 e. The van der Waals surface area contributed by atoms with Gasteiger partial charge in [-0.1, -0.05) is 159 Å². The molecule has 0 amide bonds. The molecule has 8 aromatic rings. The van der Waals surface area contributed by atoms with Gasteiger partial charge in [-0.05, 0) is 71.5 Å². The summed E-state index contributed by atoms with van der Waals surface area (Å²) in [6.07, 6.45) is 16.6. The Morgan fingerprint density at radius 2 is 1.30 bits per heavy atom. The van der Waals surface area contributed by atoms with Gasteiger partial charge in [-0.3, -0.25) is 0 Å². The van der Waals surface area contributed by atoms with Crippen molar-refractivity contribution in [2.75, 3.05) is 0 Å². The van der Waals surface area contributed by atoms with E-state index in [9.17, 15) is 0 Å². The molecule has 4 heteroatoms. The predicted octanol–water partition coefficient (Wildman–Crippen LogP) is 13.4. The van der Waals surface area contributed by atoms with Crippen LogP contribution in [0.5, 0.6) is 0 Å². The SMILES string of the molecule is C=CCC(C)(/C=C\C=C/C)/C=C\Cc1ccc(-c2nc(-c3ccccc3)nc(-c3cccc4oc5ccc(-c6ccc7ccccc7c6)cc5c34)n2)cc1. The molecule has 0 aliphatic rings. The van der Waals surface area contributed by atoms with Crippen LogP contribution in [0.2, 0.25) is 0 Å². The number of hydrogen-bond acceptors (Lipinski definition) is 4. The third-order valence-electron chi connectivity index (χ3n) is 9.92. The highest BCUT2D eigenvalue weighted by atomic mass is 16.3. The fraction of sp³-hybridized carbons (Fsp3) is 0.100. The Balaban J connectivity index is 1.18. The first-order chi connectivity index (χ1) is 26.5. The summed E-state index contributed by atoms with van der Waals surface area (Å²) in [5, 5.41) is 4.44. The molecule has 2 aromatic heterocycles. The van der Waals surface area contributed by atoms with E-state index in [2.05, 4.69) is 135 Å². The molecule has 6 aromatic carbocycles. The monoisotopic (exact) mass is 699 g/mol. The quantitative estimate of drug-likeness (QED) is 0.0996. The maximum Gasteiger partial charge on any atom is 0.164 e. The van der Waals surface area contributed by atoms with Crippen LogP contribution in [0.1, 0.15) is 25.8 Å². The molecular formula is C50H41N3O. The number of benzene rings is 6. The van der Waals surface area contributed by atoms with Crippen molar-refractivity contribution in [1.29, 1.82) is 0 Å². The fourth-order valence-electron chi connectivity index (χ4n) is 7.05. The summed E-state index contributed by atoms with van der Waals surface area (Å²) in [6.45, 7) is 8.23. The van der Waals surface area contributed by atoms with Gasteiger partial charge in [-0.25, -0.2) is 15.0 Å². The van der Waals surface area contributed by atoms with Crippen LogP contribution in [-0.4, -0.2) is 15.0 Å². The maximum absolute atomic E-state index is 6.42. The Morgan fingerprint density at radius 1 is 0.611 bits per heavy atom. The van der Waals surface area contributed by atoms with Crippen LogP contribution in [0.4, 0.5) is 0 Å². The summed E-state index contributed by atoms with van der Waals surface area (Å²) in [7, 11) is 0. The van der Waals surface area contributed by atoms with Gasteiger partial charge in [-0.15, -0.1) is 6.58 Å². The zero-order valence-electron chi connectivity index (χ0n) is 30.6. The molecule has 0 radical (unpaired) electrons. The lowest BCUT2D eigenvalue weighted by Crippen LogP contribution is -2.07. The molecule has 0 spiro atoms. The molecule has 0 saturated carbocycles. The lowest BCUT2D eigenvalue weighted by atomic mass is 9.85. The van der Waals surface area contributed by atoms with Gasteiger partial charge in [0.15, 0.2) is 17.5 Å². The van der Waals surface area contributed by atoms with Gasteiger partial charge < -0.3 is 4.42 Å². The standard InChI is InChI=1S/C50H41N3O/c1-4-6-12-31-50(3,30-5-2)32-14-15-35-22-24-38(25-23-35)48-51-47(37-17-8-7-9-18-37)52-49(53-48)42-20-13-21-45-46(42)43-34-41(28-29-44(43)54-45)40-27-26-36-16-10-11-19-39(36)33-40/h4-14,16-29,31-34H,2,15,30H2,1,3H3/b6-4-,31-12-,32-14-. The van der Waals surface area contributed by atoms with E-state index in [4.69, 9.17) is 19.4 Å². The van der Waals surface area contributed by atoms with Crippen LogP contribution < -0.4 is 0 Å². The van der Waals surface area contributed by atoms with Crippen LogP contribution in [0.3, 0.4) is 0 Å². The van der Waals surface area contributed by atoms with Gasteiger partial charge in [-0.2, -0.15) is 0 Å². The molecule has 262 valence electrons. The van der Waals surface area contributed by atoms with Gasteiger partial charge in [0.2, 0.25) is 0 Å². The Morgan fingerprint density at radius 3 is 2.07 bits per heavy atom. The number of hydrogen-bond donors (Lipinski definition) is 0. The van der Waals surface area contributed by atoms with Crippen molar-refractivity contribution in [3.63, 3.8) is 0 Å². The molecule has 1 unspecified atom stereocenters. The van der Waals surface area contributed by atoms with E-state index in [1.807, 2.05) is 61.5 Å². The van der Waals surface area contributed by atoms with Gasteiger partial charge in [0.05, 0.1) is 0 Å². The highest BCUT2D eigenvalue weighted by molar-refractivity contribution is 6.13. The van der Waals surface area contributed by atoms with Crippen LogP contribution in [0.15, 0.2) is 187 Å². The second-order valence-corrected chi connectivity index (χ2v) is 13.9. The summed E-state index contributed by atoms with van der Waals surface area (Å²) in [5.41, 5.74) is 7.77. The Kier molecular flexibility index (Phi) is 9.65. The number of aromatic nitrogens is 3. The molecule has 0 N–H and O–H groups in total. The summed E-state index contributed by atoms with van der Waals surface area (Å²) in [6, 6.07) is 46.2. The van der Waals surface area contributed by atoms with Crippen LogP contribution in [0.25, 0.3) is 78.0 Å². The minimum Gasteiger partial charge on any atom is -0.456 e. The number of allylic oxidation sites excluding steroid dienone is 7. The summed E-state index contributed by atoms with van der Waals surface area (Å²) >= 11 is 0. The van der Waals surface area contributed by atoms with Gasteiger partial charge in [0, 0.05) is 32.9 Å². The smallest absolute Gasteiger partial charge is 0.164 e. The molecule has 0 aliphatic heterocycles. The second kappa shape index (κ2) is 15.1. The van der Waals surface area contributed by atoms with Crippen molar-refractivity contribution in [2.24, 2.45) is 5.41 Å².